The maximum Gasteiger partial charge on any atom is 0.229 e. The van der Waals surface area contributed by atoms with Gasteiger partial charge in [-0.15, -0.1) is 10.2 Å². The van der Waals surface area contributed by atoms with Crippen molar-refractivity contribution in [1.82, 2.24) is 29.7 Å². The fourth-order valence-corrected chi connectivity index (χ4v) is 3.15. The Kier molecular flexibility index (Phi) is 5.59. The second kappa shape index (κ2) is 7.91. The number of anilines is 1. The van der Waals surface area contributed by atoms with Crippen molar-refractivity contribution in [2.45, 2.75) is 30.1 Å². The van der Waals surface area contributed by atoms with E-state index in [1.165, 1.54) is 11.8 Å². The summed E-state index contributed by atoms with van der Waals surface area (Å²) in [6, 6.07) is 7.74. The van der Waals surface area contributed by atoms with Crippen LogP contribution >= 0.6 is 11.8 Å². The van der Waals surface area contributed by atoms with Gasteiger partial charge in [0.1, 0.15) is 11.6 Å². The summed E-state index contributed by atoms with van der Waals surface area (Å²) in [7, 11) is 7.39. The number of para-hydroxylation sites is 1. The number of benzene rings is 1. The summed E-state index contributed by atoms with van der Waals surface area (Å²) in [6.45, 7) is 4.12. The van der Waals surface area contributed by atoms with E-state index in [9.17, 15) is 0 Å². The summed E-state index contributed by atoms with van der Waals surface area (Å²) in [5, 5.41) is 9.95. The molecule has 0 fully saturated rings. The monoisotopic (exact) mass is 385 g/mol. The van der Waals surface area contributed by atoms with Crippen LogP contribution in [0.2, 0.25) is 0 Å². The highest BCUT2D eigenvalue weighted by Crippen LogP contribution is 2.32. The van der Waals surface area contributed by atoms with Crippen molar-refractivity contribution >= 4 is 17.7 Å². The predicted molar refractivity (Wildman–Crippen MR) is 105 cm³/mol. The molecule has 8 nitrogen and oxygen atoms in total. The molecule has 0 spiro atoms. The summed E-state index contributed by atoms with van der Waals surface area (Å²) in [5.41, 5.74) is 0.884. The van der Waals surface area contributed by atoms with Gasteiger partial charge in [-0.1, -0.05) is 26.0 Å². The average molecular weight is 385 g/mol. The lowest BCUT2D eigenvalue weighted by Gasteiger charge is -2.13. The minimum Gasteiger partial charge on any atom is -0.496 e. The third-order valence-corrected chi connectivity index (χ3v) is 4.81. The van der Waals surface area contributed by atoms with E-state index in [2.05, 4.69) is 39.0 Å². The largest absolute Gasteiger partial charge is 0.496 e. The molecule has 0 atom stereocenters. The molecule has 0 amide bonds. The lowest BCUT2D eigenvalue weighted by Crippen LogP contribution is -2.15. The Hall–Kier alpha value is -2.68. The first-order valence-corrected chi connectivity index (χ1v) is 9.36. The van der Waals surface area contributed by atoms with Gasteiger partial charge in [-0.25, -0.2) is 4.98 Å². The lowest BCUT2D eigenvalue weighted by atomic mass is 10.2. The lowest BCUT2D eigenvalue weighted by molar-refractivity contribution is 0.416. The predicted octanol–water partition coefficient (Wildman–Crippen LogP) is 3.02. The normalized spacial score (nSPS) is 11.1. The zero-order valence-corrected chi connectivity index (χ0v) is 17.2. The van der Waals surface area contributed by atoms with Crippen LogP contribution in [0.4, 0.5) is 5.95 Å². The molecule has 0 N–H and O–H groups in total. The molecule has 0 saturated heterocycles. The smallest absolute Gasteiger partial charge is 0.229 e. The van der Waals surface area contributed by atoms with E-state index in [1.54, 1.807) is 7.11 Å². The Morgan fingerprint density at radius 2 is 1.81 bits per heavy atom. The topological polar surface area (TPSA) is 81.8 Å². The van der Waals surface area contributed by atoms with Gasteiger partial charge in [0.05, 0.1) is 12.7 Å². The van der Waals surface area contributed by atoms with Crippen LogP contribution in [0.15, 0.2) is 34.6 Å². The van der Waals surface area contributed by atoms with Gasteiger partial charge < -0.3 is 14.2 Å². The van der Waals surface area contributed by atoms with Crippen molar-refractivity contribution in [3.8, 4) is 17.1 Å². The van der Waals surface area contributed by atoms with E-state index in [1.807, 2.05) is 54.9 Å². The summed E-state index contributed by atoms with van der Waals surface area (Å²) >= 11 is 1.37. The Labute approximate surface area is 163 Å². The summed E-state index contributed by atoms with van der Waals surface area (Å²) in [5.74, 6) is 3.06. The van der Waals surface area contributed by atoms with Crippen molar-refractivity contribution in [2.75, 3.05) is 26.1 Å². The molecule has 142 valence electrons. The van der Waals surface area contributed by atoms with Gasteiger partial charge in [0, 0.05) is 27.1 Å². The van der Waals surface area contributed by atoms with Gasteiger partial charge in [0.25, 0.3) is 0 Å². The minimum absolute atomic E-state index is 0.203. The van der Waals surface area contributed by atoms with Crippen LogP contribution in [0.1, 0.15) is 25.6 Å². The van der Waals surface area contributed by atoms with Crippen LogP contribution in [0.3, 0.4) is 0 Å². The van der Waals surface area contributed by atoms with Crippen molar-refractivity contribution < 1.29 is 4.74 Å². The molecule has 1 aromatic carbocycles. The van der Waals surface area contributed by atoms with Crippen LogP contribution in [-0.4, -0.2) is 50.9 Å². The molecule has 0 radical (unpaired) electrons. The molecule has 0 bridgehead atoms. The van der Waals surface area contributed by atoms with Crippen molar-refractivity contribution in [2.24, 2.45) is 7.05 Å². The zero-order chi connectivity index (χ0) is 19.6. The minimum atomic E-state index is 0.203. The molecule has 0 saturated carbocycles. The third kappa shape index (κ3) is 4.02. The van der Waals surface area contributed by atoms with Gasteiger partial charge >= 0.3 is 0 Å². The first-order valence-electron chi connectivity index (χ1n) is 8.54. The molecule has 2 heterocycles. The second-order valence-electron chi connectivity index (χ2n) is 6.49. The molecule has 0 aliphatic heterocycles. The molecule has 27 heavy (non-hydrogen) atoms. The quantitative estimate of drug-likeness (QED) is 0.640. The van der Waals surface area contributed by atoms with Crippen molar-refractivity contribution in [3.05, 3.63) is 30.1 Å². The molecule has 0 aliphatic rings. The second-order valence-corrected chi connectivity index (χ2v) is 7.43. The SMILES string of the molecule is COc1ccccc1-c1nnc(Sc2nc(C(C)C)nc(N(C)C)n2)n1C. The Morgan fingerprint density at radius 3 is 2.48 bits per heavy atom. The standard InChI is InChI=1S/C18H23N7OS/c1-11(2)14-19-16(24(3)4)21-17(20-14)27-18-23-22-15(25(18)5)12-9-7-8-10-13(12)26-6/h7-11H,1-6H3. The summed E-state index contributed by atoms with van der Waals surface area (Å²) in [4.78, 5) is 15.5. The fraction of sp³-hybridized carbons (Fsp3) is 0.389. The number of hydrogen-bond acceptors (Lipinski definition) is 8. The van der Waals surface area contributed by atoms with Gasteiger partial charge in [-0.3, -0.25) is 0 Å². The maximum absolute atomic E-state index is 5.44. The third-order valence-electron chi connectivity index (χ3n) is 3.90. The molecule has 9 heteroatoms. The molecule has 3 aromatic rings. The van der Waals surface area contributed by atoms with Crippen LogP contribution < -0.4 is 9.64 Å². The number of rotatable bonds is 6. The highest BCUT2D eigenvalue weighted by atomic mass is 32.2. The van der Waals surface area contributed by atoms with Crippen LogP contribution in [-0.2, 0) is 7.05 Å². The summed E-state index contributed by atoms with van der Waals surface area (Å²) in [6.07, 6.45) is 0. The number of ether oxygens (including phenoxy) is 1. The number of hydrogen-bond donors (Lipinski definition) is 0. The van der Waals surface area contributed by atoms with Gasteiger partial charge in [-0.05, 0) is 23.9 Å². The Morgan fingerprint density at radius 1 is 1.07 bits per heavy atom. The number of aromatic nitrogens is 6. The van der Waals surface area contributed by atoms with E-state index < -0.39 is 0 Å². The van der Waals surface area contributed by atoms with Crippen LogP contribution in [0, 0.1) is 0 Å². The van der Waals surface area contributed by atoms with Gasteiger partial charge in [0.15, 0.2) is 11.0 Å². The molecular weight excluding hydrogens is 362 g/mol. The first kappa shape index (κ1) is 19.1. The van der Waals surface area contributed by atoms with Gasteiger partial charge in [-0.2, -0.15) is 9.97 Å². The zero-order valence-electron chi connectivity index (χ0n) is 16.3. The van der Waals surface area contributed by atoms with E-state index in [4.69, 9.17) is 4.74 Å². The molecule has 0 aliphatic carbocycles. The molecule has 0 unspecified atom stereocenters. The van der Waals surface area contributed by atoms with Crippen LogP contribution in [0.5, 0.6) is 5.75 Å². The highest BCUT2D eigenvalue weighted by molar-refractivity contribution is 7.99. The first-order chi connectivity index (χ1) is 12.9. The summed E-state index contributed by atoms with van der Waals surface area (Å²) < 4.78 is 7.35. The average Bonchev–Trinajstić information content (AvgIpc) is 3.01. The Bertz CT molecular complexity index is 913. The molecule has 3 rings (SSSR count). The van der Waals surface area contributed by atoms with E-state index in [-0.39, 0.29) is 5.92 Å². The molecule has 2 aromatic heterocycles. The molecular formula is C18H23N7OS. The highest BCUT2D eigenvalue weighted by Gasteiger charge is 2.18. The van der Waals surface area contributed by atoms with E-state index in [0.29, 0.717) is 16.3 Å². The fourth-order valence-electron chi connectivity index (χ4n) is 2.41. The van der Waals surface area contributed by atoms with Crippen LogP contribution in [0.25, 0.3) is 11.4 Å². The van der Waals surface area contributed by atoms with E-state index in [0.717, 1.165) is 23.0 Å². The van der Waals surface area contributed by atoms with E-state index >= 15 is 0 Å². The maximum atomic E-state index is 5.44. The Balaban J connectivity index is 1.97. The number of methoxy groups -OCH3 is 1. The van der Waals surface area contributed by atoms with Crippen molar-refractivity contribution in [3.63, 3.8) is 0 Å². The van der Waals surface area contributed by atoms with Crippen molar-refractivity contribution in [1.29, 1.82) is 0 Å². The van der Waals surface area contributed by atoms with Gasteiger partial charge in [0.2, 0.25) is 11.1 Å². The number of nitrogens with zero attached hydrogens (tertiary/aromatic N) is 7.